The van der Waals surface area contributed by atoms with Gasteiger partial charge >= 0.3 is 5.97 Å². The highest BCUT2D eigenvalue weighted by atomic mass is 19.1. The molecule has 0 aliphatic carbocycles. The standard InChI is InChI=1S/C15H15FN2O4/c1-7(15(21)22)8(2)17-14(20)11-6-13(19)18-12-5-9(16)3-4-10(11)12/h3-8H,1-2H3,(H,17,20)(H,18,19)(H,21,22). The van der Waals surface area contributed by atoms with E-state index in [1.807, 2.05) is 0 Å². The molecule has 1 aromatic carbocycles. The number of carbonyl (C=O) groups is 2. The molecule has 2 unspecified atom stereocenters. The molecule has 0 bridgehead atoms. The van der Waals surface area contributed by atoms with Crippen LogP contribution in [0.3, 0.4) is 0 Å². The number of carboxylic acid groups (broad SMARTS) is 1. The van der Waals surface area contributed by atoms with Gasteiger partial charge in [0.25, 0.3) is 5.91 Å². The minimum atomic E-state index is -1.04. The van der Waals surface area contributed by atoms with Crippen molar-refractivity contribution in [3.8, 4) is 0 Å². The Morgan fingerprint density at radius 3 is 2.59 bits per heavy atom. The number of amides is 1. The van der Waals surface area contributed by atoms with E-state index in [2.05, 4.69) is 10.3 Å². The maximum Gasteiger partial charge on any atom is 0.308 e. The van der Waals surface area contributed by atoms with Gasteiger partial charge < -0.3 is 15.4 Å². The first kappa shape index (κ1) is 15.7. The van der Waals surface area contributed by atoms with Gasteiger partial charge in [-0.1, -0.05) is 0 Å². The predicted molar refractivity (Wildman–Crippen MR) is 78.3 cm³/mol. The summed E-state index contributed by atoms with van der Waals surface area (Å²) in [6, 6.07) is 4.17. The summed E-state index contributed by atoms with van der Waals surface area (Å²) in [5.74, 6) is -2.93. The van der Waals surface area contributed by atoms with Crippen molar-refractivity contribution < 1.29 is 19.1 Å². The molecule has 0 aliphatic rings. The molecule has 1 amide bonds. The number of benzene rings is 1. The molecule has 22 heavy (non-hydrogen) atoms. The van der Waals surface area contributed by atoms with Gasteiger partial charge in [0.2, 0.25) is 5.56 Å². The number of pyridine rings is 1. The highest BCUT2D eigenvalue weighted by molar-refractivity contribution is 6.06. The predicted octanol–water partition coefficient (Wildman–Crippen LogP) is 1.51. The summed E-state index contributed by atoms with van der Waals surface area (Å²) < 4.78 is 13.2. The molecule has 0 saturated heterocycles. The second-order valence-electron chi connectivity index (χ2n) is 5.13. The third kappa shape index (κ3) is 3.13. The summed E-state index contributed by atoms with van der Waals surface area (Å²) in [5, 5.41) is 11.9. The van der Waals surface area contributed by atoms with Crippen LogP contribution in [-0.4, -0.2) is 28.0 Å². The molecular weight excluding hydrogens is 291 g/mol. The Morgan fingerprint density at radius 1 is 1.27 bits per heavy atom. The summed E-state index contributed by atoms with van der Waals surface area (Å²) in [6.45, 7) is 3.03. The number of aromatic nitrogens is 1. The zero-order valence-corrected chi connectivity index (χ0v) is 12.0. The van der Waals surface area contributed by atoms with E-state index in [0.29, 0.717) is 5.39 Å². The van der Waals surface area contributed by atoms with E-state index < -0.39 is 35.2 Å². The minimum Gasteiger partial charge on any atom is -0.481 e. The quantitative estimate of drug-likeness (QED) is 0.797. The van der Waals surface area contributed by atoms with Gasteiger partial charge in [0.05, 0.1) is 17.0 Å². The number of aromatic amines is 1. The van der Waals surface area contributed by atoms with E-state index in [1.54, 1.807) is 6.92 Å². The second-order valence-corrected chi connectivity index (χ2v) is 5.13. The molecule has 0 aliphatic heterocycles. The molecule has 116 valence electrons. The third-order valence-electron chi connectivity index (χ3n) is 3.55. The van der Waals surface area contributed by atoms with Gasteiger partial charge in [0.15, 0.2) is 0 Å². The van der Waals surface area contributed by atoms with Crippen LogP contribution in [0.1, 0.15) is 24.2 Å². The summed E-state index contributed by atoms with van der Waals surface area (Å²) >= 11 is 0. The maximum absolute atomic E-state index is 13.2. The number of rotatable bonds is 4. The molecular formula is C15H15FN2O4. The van der Waals surface area contributed by atoms with Crippen molar-refractivity contribution in [3.63, 3.8) is 0 Å². The lowest BCUT2D eigenvalue weighted by molar-refractivity contribution is -0.141. The Morgan fingerprint density at radius 2 is 1.95 bits per heavy atom. The number of nitrogens with one attached hydrogen (secondary N) is 2. The van der Waals surface area contributed by atoms with Crippen LogP contribution in [0.2, 0.25) is 0 Å². The summed E-state index contributed by atoms with van der Waals surface area (Å²) in [5.41, 5.74) is -0.262. The van der Waals surface area contributed by atoms with E-state index in [0.717, 1.165) is 12.1 Å². The molecule has 2 atom stereocenters. The van der Waals surface area contributed by atoms with Gasteiger partial charge in [-0.25, -0.2) is 4.39 Å². The Bertz CT molecular complexity index is 800. The Kier molecular flexibility index (Phi) is 4.25. The van der Waals surface area contributed by atoms with Crippen LogP contribution < -0.4 is 10.9 Å². The Labute approximate surface area is 125 Å². The second kappa shape index (κ2) is 5.97. The lowest BCUT2D eigenvalue weighted by Gasteiger charge is -2.18. The average Bonchev–Trinajstić information content (AvgIpc) is 2.44. The average molecular weight is 306 g/mol. The van der Waals surface area contributed by atoms with E-state index >= 15 is 0 Å². The van der Waals surface area contributed by atoms with Crippen LogP contribution in [0, 0.1) is 11.7 Å². The van der Waals surface area contributed by atoms with Crippen molar-refractivity contribution in [1.82, 2.24) is 10.3 Å². The fourth-order valence-electron chi connectivity index (χ4n) is 2.04. The SMILES string of the molecule is CC(NC(=O)c1cc(=O)[nH]c2cc(F)ccc12)C(C)C(=O)O. The molecule has 0 radical (unpaired) electrons. The number of aliphatic carboxylic acids is 1. The molecule has 2 rings (SSSR count). The van der Waals surface area contributed by atoms with Crippen molar-refractivity contribution >= 4 is 22.8 Å². The van der Waals surface area contributed by atoms with Crippen molar-refractivity contribution in [1.29, 1.82) is 0 Å². The first-order valence-corrected chi connectivity index (χ1v) is 6.66. The van der Waals surface area contributed by atoms with Gasteiger partial charge in [-0.2, -0.15) is 0 Å². The highest BCUT2D eigenvalue weighted by Crippen LogP contribution is 2.17. The van der Waals surface area contributed by atoms with Crippen LogP contribution in [0.5, 0.6) is 0 Å². The number of carbonyl (C=O) groups excluding carboxylic acids is 1. The van der Waals surface area contributed by atoms with Crippen LogP contribution >= 0.6 is 0 Å². The Hall–Kier alpha value is -2.70. The first-order valence-electron chi connectivity index (χ1n) is 6.66. The topological polar surface area (TPSA) is 99.3 Å². The molecule has 0 saturated carbocycles. The van der Waals surface area contributed by atoms with Crippen molar-refractivity contribution in [2.75, 3.05) is 0 Å². The van der Waals surface area contributed by atoms with Crippen LogP contribution in [-0.2, 0) is 4.79 Å². The van der Waals surface area contributed by atoms with Crippen LogP contribution in [0.25, 0.3) is 10.9 Å². The van der Waals surface area contributed by atoms with Crippen molar-refractivity contribution in [2.45, 2.75) is 19.9 Å². The number of fused-ring (bicyclic) bond motifs is 1. The zero-order chi connectivity index (χ0) is 16.4. The molecule has 6 nitrogen and oxygen atoms in total. The molecule has 1 heterocycles. The number of H-pyrrole nitrogens is 1. The highest BCUT2D eigenvalue weighted by Gasteiger charge is 2.22. The monoisotopic (exact) mass is 306 g/mol. The van der Waals surface area contributed by atoms with E-state index in [-0.39, 0.29) is 11.1 Å². The normalized spacial score (nSPS) is 13.6. The van der Waals surface area contributed by atoms with Gasteiger partial charge in [-0.15, -0.1) is 0 Å². The molecule has 3 N–H and O–H groups in total. The lowest BCUT2D eigenvalue weighted by atomic mass is 10.0. The first-order chi connectivity index (χ1) is 10.3. The molecule has 2 aromatic rings. The summed E-state index contributed by atoms with van der Waals surface area (Å²) in [7, 11) is 0. The zero-order valence-electron chi connectivity index (χ0n) is 12.0. The van der Waals surface area contributed by atoms with Crippen molar-refractivity contribution in [3.05, 3.63) is 46.0 Å². The fourth-order valence-corrected chi connectivity index (χ4v) is 2.04. The van der Waals surface area contributed by atoms with Gasteiger partial charge in [0.1, 0.15) is 5.82 Å². The number of halogens is 1. The van der Waals surface area contributed by atoms with Crippen molar-refractivity contribution in [2.24, 2.45) is 5.92 Å². The fraction of sp³-hybridized carbons (Fsp3) is 0.267. The number of hydrogen-bond donors (Lipinski definition) is 3. The van der Waals surface area contributed by atoms with Gasteiger partial charge in [0, 0.05) is 17.5 Å². The molecule has 7 heteroatoms. The minimum absolute atomic E-state index is 0.0724. The molecule has 0 fully saturated rings. The maximum atomic E-state index is 13.2. The van der Waals surface area contributed by atoms with E-state index in [9.17, 15) is 18.8 Å². The largest absolute Gasteiger partial charge is 0.481 e. The van der Waals surface area contributed by atoms with Crippen LogP contribution in [0.15, 0.2) is 29.1 Å². The smallest absolute Gasteiger partial charge is 0.308 e. The third-order valence-corrected chi connectivity index (χ3v) is 3.55. The van der Waals surface area contributed by atoms with Gasteiger partial charge in [-0.3, -0.25) is 14.4 Å². The van der Waals surface area contributed by atoms with E-state index in [1.165, 1.54) is 19.1 Å². The summed E-state index contributed by atoms with van der Waals surface area (Å²) in [4.78, 5) is 37.2. The Balaban J connectivity index is 2.40. The molecule has 0 spiro atoms. The van der Waals surface area contributed by atoms with Crippen LogP contribution in [0.4, 0.5) is 4.39 Å². The lowest BCUT2D eigenvalue weighted by Crippen LogP contribution is -2.40. The number of hydrogen-bond acceptors (Lipinski definition) is 3. The van der Waals surface area contributed by atoms with Gasteiger partial charge in [-0.05, 0) is 32.0 Å². The number of carboxylic acids is 1. The summed E-state index contributed by atoms with van der Waals surface area (Å²) in [6.07, 6.45) is 0. The van der Waals surface area contributed by atoms with E-state index in [4.69, 9.17) is 5.11 Å². The molecule has 1 aromatic heterocycles.